The summed E-state index contributed by atoms with van der Waals surface area (Å²) in [5.74, 6) is 0. The first-order valence-electron chi connectivity index (χ1n) is 7.50. The molecule has 2 N–H and O–H groups in total. The van der Waals surface area contributed by atoms with Gasteiger partial charge < -0.3 is 5.73 Å². The molecular formula is C20H16BN. The van der Waals surface area contributed by atoms with Crippen molar-refractivity contribution in [2.75, 3.05) is 5.73 Å². The van der Waals surface area contributed by atoms with Gasteiger partial charge in [-0.1, -0.05) is 47.9 Å². The molecular weight excluding hydrogens is 265 g/mol. The van der Waals surface area contributed by atoms with Gasteiger partial charge in [-0.05, 0) is 58.9 Å². The number of nitrogen functional groups attached to an aromatic ring is 1. The summed E-state index contributed by atoms with van der Waals surface area (Å²) in [6.45, 7) is 2.09. The lowest BCUT2D eigenvalue weighted by Crippen LogP contribution is -2.03. The Morgan fingerprint density at radius 1 is 0.818 bits per heavy atom. The summed E-state index contributed by atoms with van der Waals surface area (Å²) in [5, 5.41) is 0. The lowest BCUT2D eigenvalue weighted by atomic mass is 9.88. The second kappa shape index (κ2) is 4.77. The minimum atomic E-state index is 0.765. The van der Waals surface area contributed by atoms with E-state index >= 15 is 0 Å². The van der Waals surface area contributed by atoms with Crippen LogP contribution >= 0.6 is 0 Å². The van der Waals surface area contributed by atoms with Crippen molar-refractivity contribution < 1.29 is 0 Å². The standard InChI is InChI=1S/C20H16BN/c1-12-6-7-15(21)10-17(12)19-11-18-14(9-20(19)22)8-13-4-2-3-5-16(13)18/h2-7,9-11H,8,22H2,1H3. The molecule has 0 aromatic heterocycles. The summed E-state index contributed by atoms with van der Waals surface area (Å²) >= 11 is 0. The van der Waals surface area contributed by atoms with Gasteiger partial charge in [0.1, 0.15) is 7.85 Å². The van der Waals surface area contributed by atoms with Gasteiger partial charge in [0.15, 0.2) is 0 Å². The molecule has 2 radical (unpaired) electrons. The van der Waals surface area contributed by atoms with E-state index in [9.17, 15) is 0 Å². The van der Waals surface area contributed by atoms with Gasteiger partial charge >= 0.3 is 0 Å². The highest BCUT2D eigenvalue weighted by Crippen LogP contribution is 2.41. The Labute approximate surface area is 132 Å². The second-order valence-electron chi connectivity index (χ2n) is 6.00. The molecule has 0 fully saturated rings. The van der Waals surface area contributed by atoms with Gasteiger partial charge in [0.05, 0.1) is 0 Å². The smallest absolute Gasteiger partial charge is 0.113 e. The first kappa shape index (κ1) is 13.2. The predicted molar refractivity (Wildman–Crippen MR) is 94.7 cm³/mol. The van der Waals surface area contributed by atoms with E-state index in [-0.39, 0.29) is 0 Å². The average Bonchev–Trinajstić information content (AvgIpc) is 2.86. The molecule has 1 aliphatic carbocycles. The van der Waals surface area contributed by atoms with E-state index in [2.05, 4.69) is 43.3 Å². The zero-order chi connectivity index (χ0) is 15.3. The van der Waals surface area contributed by atoms with Gasteiger partial charge in [-0.15, -0.1) is 0 Å². The third-order valence-electron chi connectivity index (χ3n) is 4.52. The van der Waals surface area contributed by atoms with Gasteiger partial charge in [-0.25, -0.2) is 0 Å². The Morgan fingerprint density at radius 2 is 1.64 bits per heavy atom. The number of nitrogens with two attached hydrogens (primary N) is 1. The highest BCUT2D eigenvalue weighted by molar-refractivity contribution is 6.32. The lowest BCUT2D eigenvalue weighted by Gasteiger charge is -2.13. The summed E-state index contributed by atoms with van der Waals surface area (Å²) in [6.07, 6.45) is 0.964. The molecule has 2 heteroatoms. The Kier molecular flexibility index (Phi) is 2.87. The van der Waals surface area contributed by atoms with E-state index < -0.39 is 0 Å². The van der Waals surface area contributed by atoms with E-state index in [4.69, 9.17) is 13.6 Å². The molecule has 104 valence electrons. The number of hydrogen-bond donors (Lipinski definition) is 1. The van der Waals surface area contributed by atoms with Crippen LogP contribution < -0.4 is 11.2 Å². The van der Waals surface area contributed by atoms with Crippen molar-refractivity contribution in [3.63, 3.8) is 0 Å². The molecule has 3 aromatic rings. The van der Waals surface area contributed by atoms with E-state index in [0.717, 1.165) is 28.7 Å². The minimum absolute atomic E-state index is 0.765. The molecule has 1 aliphatic rings. The molecule has 4 rings (SSSR count). The molecule has 22 heavy (non-hydrogen) atoms. The fourth-order valence-electron chi connectivity index (χ4n) is 3.37. The van der Waals surface area contributed by atoms with Crippen LogP contribution in [0.25, 0.3) is 22.3 Å². The summed E-state index contributed by atoms with van der Waals surface area (Å²) in [6, 6.07) is 18.9. The number of fused-ring (bicyclic) bond motifs is 3. The maximum absolute atomic E-state index is 6.34. The largest absolute Gasteiger partial charge is 0.398 e. The molecule has 0 unspecified atom stereocenters. The van der Waals surface area contributed by atoms with Gasteiger partial charge in [-0.2, -0.15) is 0 Å². The molecule has 3 aromatic carbocycles. The van der Waals surface area contributed by atoms with Crippen LogP contribution in [0.3, 0.4) is 0 Å². The number of hydrogen-bond acceptors (Lipinski definition) is 1. The van der Waals surface area contributed by atoms with Crippen LogP contribution in [0.15, 0.2) is 54.6 Å². The van der Waals surface area contributed by atoms with Crippen LogP contribution in [-0.4, -0.2) is 7.85 Å². The van der Waals surface area contributed by atoms with Crippen LogP contribution in [0.2, 0.25) is 0 Å². The van der Waals surface area contributed by atoms with E-state index in [1.807, 2.05) is 18.2 Å². The monoisotopic (exact) mass is 281 g/mol. The van der Waals surface area contributed by atoms with Crippen LogP contribution in [0, 0.1) is 6.92 Å². The number of aryl methyl sites for hydroxylation is 1. The zero-order valence-corrected chi connectivity index (χ0v) is 12.6. The van der Waals surface area contributed by atoms with Crippen molar-refractivity contribution >= 4 is 19.0 Å². The van der Waals surface area contributed by atoms with Crippen LogP contribution in [0.4, 0.5) is 5.69 Å². The molecule has 0 spiro atoms. The van der Waals surface area contributed by atoms with E-state index in [1.165, 1.54) is 27.8 Å². The minimum Gasteiger partial charge on any atom is -0.398 e. The van der Waals surface area contributed by atoms with Gasteiger partial charge in [0.25, 0.3) is 0 Å². The molecule has 1 nitrogen and oxygen atoms in total. The molecule has 0 atom stereocenters. The van der Waals surface area contributed by atoms with E-state index in [0.29, 0.717) is 0 Å². The molecule has 0 saturated carbocycles. The summed E-state index contributed by atoms with van der Waals surface area (Å²) in [5.41, 5.74) is 16.6. The molecule has 0 bridgehead atoms. The normalized spacial score (nSPS) is 12.0. The quantitative estimate of drug-likeness (QED) is 0.418. The first-order chi connectivity index (χ1) is 10.6. The maximum atomic E-state index is 6.34. The summed E-state index contributed by atoms with van der Waals surface area (Å²) in [7, 11) is 5.96. The van der Waals surface area contributed by atoms with Crippen LogP contribution in [0.1, 0.15) is 16.7 Å². The lowest BCUT2D eigenvalue weighted by molar-refractivity contribution is 1.26. The highest BCUT2D eigenvalue weighted by Gasteiger charge is 2.20. The Balaban J connectivity index is 1.96. The van der Waals surface area contributed by atoms with Gasteiger partial charge in [0.2, 0.25) is 0 Å². The average molecular weight is 281 g/mol. The summed E-state index contributed by atoms with van der Waals surface area (Å²) < 4.78 is 0. The molecule has 0 saturated heterocycles. The highest BCUT2D eigenvalue weighted by atomic mass is 14.6. The van der Waals surface area contributed by atoms with Crippen molar-refractivity contribution in [1.29, 1.82) is 0 Å². The fourth-order valence-corrected chi connectivity index (χ4v) is 3.37. The van der Waals surface area contributed by atoms with Crippen molar-refractivity contribution in [1.82, 2.24) is 0 Å². The summed E-state index contributed by atoms with van der Waals surface area (Å²) in [4.78, 5) is 0. The zero-order valence-electron chi connectivity index (χ0n) is 12.6. The van der Waals surface area contributed by atoms with Crippen molar-refractivity contribution in [3.8, 4) is 22.3 Å². The van der Waals surface area contributed by atoms with Gasteiger partial charge in [-0.3, -0.25) is 0 Å². The van der Waals surface area contributed by atoms with E-state index in [1.54, 1.807) is 0 Å². The third kappa shape index (κ3) is 1.95. The second-order valence-corrected chi connectivity index (χ2v) is 6.00. The SMILES string of the molecule is [B]c1ccc(C)c(-c2cc3c(cc2N)Cc2ccccc2-3)c1. The molecule has 0 amide bonds. The first-order valence-corrected chi connectivity index (χ1v) is 7.50. The maximum Gasteiger partial charge on any atom is 0.113 e. The van der Waals surface area contributed by atoms with Crippen molar-refractivity contribution in [2.45, 2.75) is 13.3 Å². The Bertz CT molecular complexity index is 896. The van der Waals surface area contributed by atoms with Crippen LogP contribution in [-0.2, 0) is 6.42 Å². The Hall–Kier alpha value is -2.48. The van der Waals surface area contributed by atoms with Gasteiger partial charge in [0, 0.05) is 11.3 Å². The number of benzene rings is 3. The Morgan fingerprint density at radius 3 is 2.50 bits per heavy atom. The topological polar surface area (TPSA) is 26.0 Å². The molecule has 0 aliphatic heterocycles. The fraction of sp³-hybridized carbons (Fsp3) is 0.100. The van der Waals surface area contributed by atoms with Crippen molar-refractivity contribution in [3.05, 3.63) is 71.3 Å². The number of anilines is 1. The number of rotatable bonds is 1. The predicted octanol–water partition coefficient (Wildman–Crippen LogP) is 3.61. The van der Waals surface area contributed by atoms with Crippen molar-refractivity contribution in [2.24, 2.45) is 0 Å². The molecule has 0 heterocycles. The third-order valence-corrected chi connectivity index (χ3v) is 4.52. The van der Waals surface area contributed by atoms with Crippen LogP contribution in [0.5, 0.6) is 0 Å².